The minimum atomic E-state index is -0.554. The van der Waals surface area contributed by atoms with Crippen LogP contribution in [0, 0.1) is 18.7 Å². The van der Waals surface area contributed by atoms with Gasteiger partial charge in [0.15, 0.2) is 0 Å². The highest BCUT2D eigenvalue weighted by Gasteiger charge is 2.31. The maximum Gasteiger partial charge on any atom is 0.126 e. The van der Waals surface area contributed by atoms with Gasteiger partial charge >= 0.3 is 0 Å². The molecule has 106 valence electrons. The van der Waals surface area contributed by atoms with Crippen LogP contribution in [0.3, 0.4) is 0 Å². The summed E-state index contributed by atoms with van der Waals surface area (Å²) in [7, 11) is 0. The number of hydrogen-bond acceptors (Lipinski definition) is 2. The molecule has 3 heteroatoms. The normalized spacial score (nSPS) is 27.5. The smallest absolute Gasteiger partial charge is 0.126 e. The molecule has 0 heterocycles. The molecule has 1 fully saturated rings. The van der Waals surface area contributed by atoms with Crippen LogP contribution in [0.5, 0.6) is 0 Å². The van der Waals surface area contributed by atoms with Crippen LogP contribution in [0.1, 0.15) is 43.7 Å². The van der Waals surface area contributed by atoms with Crippen molar-refractivity contribution in [1.82, 2.24) is 5.32 Å². The summed E-state index contributed by atoms with van der Waals surface area (Å²) in [5.41, 5.74) is 1.18. The summed E-state index contributed by atoms with van der Waals surface area (Å²) in [6.07, 6.45) is 3.97. The lowest BCUT2D eigenvalue weighted by Crippen LogP contribution is -2.43. The first-order valence-corrected chi connectivity index (χ1v) is 7.17. The van der Waals surface area contributed by atoms with Gasteiger partial charge < -0.3 is 10.4 Å². The van der Waals surface area contributed by atoms with E-state index in [-0.39, 0.29) is 5.82 Å². The van der Waals surface area contributed by atoms with Crippen molar-refractivity contribution < 1.29 is 9.50 Å². The zero-order chi connectivity index (χ0) is 13.9. The van der Waals surface area contributed by atoms with Gasteiger partial charge in [-0.1, -0.05) is 19.1 Å². The van der Waals surface area contributed by atoms with Crippen molar-refractivity contribution in [2.24, 2.45) is 5.92 Å². The van der Waals surface area contributed by atoms with E-state index in [9.17, 15) is 9.50 Å². The van der Waals surface area contributed by atoms with Crippen LogP contribution in [-0.2, 0) is 6.54 Å². The third kappa shape index (κ3) is 4.02. The van der Waals surface area contributed by atoms with Gasteiger partial charge in [-0.2, -0.15) is 0 Å². The van der Waals surface area contributed by atoms with Gasteiger partial charge in [-0.15, -0.1) is 0 Å². The average molecular weight is 265 g/mol. The Morgan fingerprint density at radius 1 is 1.37 bits per heavy atom. The molecule has 19 heavy (non-hydrogen) atoms. The molecule has 1 aromatic rings. The number of aliphatic hydroxyl groups is 1. The second-order valence-corrected chi connectivity index (χ2v) is 6.09. The molecule has 0 spiro atoms. The Morgan fingerprint density at radius 2 is 2.05 bits per heavy atom. The lowest BCUT2D eigenvalue weighted by atomic mass is 9.79. The lowest BCUT2D eigenvalue weighted by molar-refractivity contribution is -0.00630. The molecular weight excluding hydrogens is 241 g/mol. The van der Waals surface area contributed by atoms with E-state index < -0.39 is 5.60 Å². The second kappa shape index (κ2) is 6.02. The Balaban J connectivity index is 1.81. The Labute approximate surface area is 115 Å². The fourth-order valence-corrected chi connectivity index (χ4v) is 2.73. The van der Waals surface area contributed by atoms with Gasteiger partial charge in [-0.25, -0.2) is 4.39 Å². The number of rotatable bonds is 4. The molecule has 1 aromatic carbocycles. The largest absolute Gasteiger partial charge is 0.389 e. The summed E-state index contributed by atoms with van der Waals surface area (Å²) >= 11 is 0. The molecule has 0 atom stereocenters. The molecule has 0 saturated heterocycles. The first kappa shape index (κ1) is 14.5. The fraction of sp³-hybridized carbons (Fsp3) is 0.625. The highest BCUT2D eigenvalue weighted by atomic mass is 19.1. The van der Waals surface area contributed by atoms with Gasteiger partial charge in [0, 0.05) is 13.1 Å². The Bertz CT molecular complexity index is 425. The first-order chi connectivity index (χ1) is 8.98. The number of benzene rings is 1. The summed E-state index contributed by atoms with van der Waals surface area (Å²) in [6.45, 7) is 5.32. The van der Waals surface area contributed by atoms with E-state index in [2.05, 4.69) is 12.2 Å². The third-order valence-electron chi connectivity index (χ3n) is 4.21. The quantitative estimate of drug-likeness (QED) is 0.876. The maximum absolute atomic E-state index is 13.1. The Morgan fingerprint density at radius 3 is 2.68 bits per heavy atom. The summed E-state index contributed by atoms with van der Waals surface area (Å²) < 4.78 is 13.1. The molecule has 0 bridgehead atoms. The highest BCUT2D eigenvalue weighted by molar-refractivity contribution is 5.23. The van der Waals surface area contributed by atoms with E-state index in [1.54, 1.807) is 13.0 Å². The van der Waals surface area contributed by atoms with E-state index in [4.69, 9.17) is 0 Å². The van der Waals surface area contributed by atoms with Crippen molar-refractivity contribution in [2.75, 3.05) is 6.54 Å². The molecule has 2 N–H and O–H groups in total. The number of aryl methyl sites for hydroxylation is 1. The molecule has 2 rings (SSSR count). The average Bonchev–Trinajstić information content (AvgIpc) is 2.38. The monoisotopic (exact) mass is 265 g/mol. The predicted molar refractivity (Wildman–Crippen MR) is 75.4 cm³/mol. The maximum atomic E-state index is 13.1. The molecule has 1 saturated carbocycles. The van der Waals surface area contributed by atoms with Crippen molar-refractivity contribution in [1.29, 1.82) is 0 Å². The van der Waals surface area contributed by atoms with Crippen LogP contribution in [0.2, 0.25) is 0 Å². The number of nitrogens with one attached hydrogen (secondary N) is 1. The van der Waals surface area contributed by atoms with Crippen LogP contribution >= 0.6 is 0 Å². The van der Waals surface area contributed by atoms with Crippen molar-refractivity contribution in [3.63, 3.8) is 0 Å². The van der Waals surface area contributed by atoms with E-state index in [1.165, 1.54) is 6.07 Å². The summed E-state index contributed by atoms with van der Waals surface area (Å²) in [4.78, 5) is 0. The Hall–Kier alpha value is -0.930. The highest BCUT2D eigenvalue weighted by Crippen LogP contribution is 2.31. The molecular formula is C16H24FNO. The molecule has 1 aliphatic rings. The zero-order valence-corrected chi connectivity index (χ0v) is 11.9. The molecule has 0 amide bonds. The topological polar surface area (TPSA) is 32.3 Å². The molecule has 2 nitrogen and oxygen atoms in total. The van der Waals surface area contributed by atoms with Gasteiger partial charge in [-0.05, 0) is 55.7 Å². The van der Waals surface area contributed by atoms with Crippen LogP contribution < -0.4 is 5.32 Å². The minimum absolute atomic E-state index is 0.163. The fourth-order valence-electron chi connectivity index (χ4n) is 2.73. The van der Waals surface area contributed by atoms with Crippen molar-refractivity contribution in [3.8, 4) is 0 Å². The standard InChI is InChI=1S/C16H24FNO/c1-12-5-7-16(19,8-6-12)11-18-10-14-3-4-15(17)13(2)9-14/h3-4,9,12,18-19H,5-8,10-11H2,1-2H3. The predicted octanol–water partition coefficient (Wildman–Crippen LogP) is 3.16. The molecule has 0 unspecified atom stereocenters. The number of halogens is 1. The summed E-state index contributed by atoms with van der Waals surface area (Å²) in [6, 6.07) is 5.15. The second-order valence-electron chi connectivity index (χ2n) is 6.09. The number of hydrogen-bond donors (Lipinski definition) is 2. The SMILES string of the molecule is Cc1cc(CNCC2(O)CCC(C)CC2)ccc1F. The Kier molecular flexibility index (Phi) is 4.58. The van der Waals surface area contributed by atoms with Gasteiger partial charge in [0.25, 0.3) is 0 Å². The van der Waals surface area contributed by atoms with E-state index >= 15 is 0 Å². The molecule has 0 radical (unpaired) electrons. The summed E-state index contributed by atoms with van der Waals surface area (Å²) in [5, 5.41) is 13.7. The van der Waals surface area contributed by atoms with Crippen LogP contribution in [0.15, 0.2) is 18.2 Å². The zero-order valence-electron chi connectivity index (χ0n) is 11.9. The minimum Gasteiger partial charge on any atom is -0.389 e. The van der Waals surface area contributed by atoms with Crippen LogP contribution in [-0.4, -0.2) is 17.3 Å². The van der Waals surface area contributed by atoms with E-state index in [0.717, 1.165) is 37.2 Å². The van der Waals surface area contributed by atoms with Gasteiger partial charge in [0.2, 0.25) is 0 Å². The van der Waals surface area contributed by atoms with Crippen LogP contribution in [0.25, 0.3) is 0 Å². The third-order valence-corrected chi connectivity index (χ3v) is 4.21. The van der Waals surface area contributed by atoms with Gasteiger partial charge in [0.05, 0.1) is 5.60 Å². The van der Waals surface area contributed by atoms with E-state index in [0.29, 0.717) is 18.7 Å². The van der Waals surface area contributed by atoms with Gasteiger partial charge in [-0.3, -0.25) is 0 Å². The van der Waals surface area contributed by atoms with Crippen LogP contribution in [0.4, 0.5) is 4.39 Å². The van der Waals surface area contributed by atoms with Crippen molar-refractivity contribution in [2.45, 2.75) is 51.7 Å². The molecule has 0 aromatic heterocycles. The van der Waals surface area contributed by atoms with Gasteiger partial charge in [0.1, 0.15) is 5.82 Å². The summed E-state index contributed by atoms with van der Waals surface area (Å²) in [5.74, 6) is 0.573. The van der Waals surface area contributed by atoms with Crippen molar-refractivity contribution >= 4 is 0 Å². The first-order valence-electron chi connectivity index (χ1n) is 7.17. The van der Waals surface area contributed by atoms with E-state index in [1.807, 2.05) is 6.07 Å². The molecule has 1 aliphatic carbocycles. The van der Waals surface area contributed by atoms with Crippen molar-refractivity contribution in [3.05, 3.63) is 35.1 Å². The molecule has 0 aliphatic heterocycles. The lowest BCUT2D eigenvalue weighted by Gasteiger charge is -2.35.